The van der Waals surface area contributed by atoms with E-state index < -0.39 is 12.0 Å². The summed E-state index contributed by atoms with van der Waals surface area (Å²) in [6, 6.07) is -0.692. The molecule has 0 spiro atoms. The van der Waals surface area contributed by atoms with Crippen molar-refractivity contribution in [2.45, 2.75) is 45.1 Å². The van der Waals surface area contributed by atoms with Crippen LogP contribution in [-0.4, -0.2) is 45.3 Å². The maximum Gasteiger partial charge on any atom is 0.326 e. The van der Waals surface area contributed by atoms with E-state index in [1.165, 1.54) is 11.8 Å². The van der Waals surface area contributed by atoms with Gasteiger partial charge in [-0.2, -0.15) is 0 Å². The number of nitrogens with zero attached hydrogens (tertiary/aromatic N) is 1. The first-order chi connectivity index (χ1) is 8.52. The van der Waals surface area contributed by atoms with Crippen molar-refractivity contribution >= 4 is 28.8 Å². The Bertz CT molecular complexity index is 332. The number of hydrogen-bond acceptors (Lipinski definition) is 4. The molecule has 1 aliphatic heterocycles. The first-order valence-electron chi connectivity index (χ1n) is 6.18. The topological polar surface area (TPSA) is 74.7 Å². The Hall–Kier alpha value is -1.04. The molecule has 18 heavy (non-hydrogen) atoms. The van der Waals surface area contributed by atoms with Crippen LogP contribution in [0.3, 0.4) is 0 Å². The Balaban J connectivity index is 2.55. The zero-order valence-corrected chi connectivity index (χ0v) is 11.4. The summed E-state index contributed by atoms with van der Waals surface area (Å²) in [7, 11) is 0. The molecule has 1 heterocycles. The molecule has 0 saturated carbocycles. The molecular weight excluding hydrogens is 254 g/mol. The molecule has 0 aromatic heterocycles. The average Bonchev–Trinajstić information content (AvgIpc) is 2.53. The van der Waals surface area contributed by atoms with Gasteiger partial charge in [0, 0.05) is 25.6 Å². The van der Waals surface area contributed by atoms with Crippen molar-refractivity contribution in [3.8, 4) is 0 Å². The summed E-state index contributed by atoms with van der Waals surface area (Å²) in [4.78, 5) is 35.4. The first kappa shape index (κ1) is 15.0. The van der Waals surface area contributed by atoms with Crippen LogP contribution in [0.1, 0.15) is 39.0 Å². The largest absolute Gasteiger partial charge is 0.480 e. The molecule has 1 N–H and O–H groups in total. The van der Waals surface area contributed by atoms with Crippen LogP contribution in [0.4, 0.5) is 0 Å². The molecule has 1 amide bonds. The average molecular weight is 273 g/mol. The quantitative estimate of drug-likeness (QED) is 0.840. The molecule has 1 saturated heterocycles. The van der Waals surface area contributed by atoms with E-state index in [1.54, 1.807) is 0 Å². The van der Waals surface area contributed by atoms with Gasteiger partial charge in [0.1, 0.15) is 6.04 Å². The lowest BCUT2D eigenvalue weighted by molar-refractivity contribution is -0.150. The second-order valence-electron chi connectivity index (χ2n) is 4.38. The first-order valence-corrected chi connectivity index (χ1v) is 7.16. The molecule has 102 valence electrons. The van der Waals surface area contributed by atoms with E-state index in [0.29, 0.717) is 18.7 Å². The number of rotatable bonds is 4. The summed E-state index contributed by atoms with van der Waals surface area (Å²) in [5.41, 5.74) is 0. The zero-order chi connectivity index (χ0) is 13.5. The highest BCUT2D eigenvalue weighted by atomic mass is 32.2. The summed E-state index contributed by atoms with van der Waals surface area (Å²) in [6.45, 7) is 1.97. The molecule has 5 nitrogen and oxygen atoms in total. The van der Waals surface area contributed by atoms with Crippen LogP contribution in [0.25, 0.3) is 0 Å². The predicted octanol–water partition coefficient (Wildman–Crippen LogP) is 1.51. The predicted molar refractivity (Wildman–Crippen MR) is 69.4 cm³/mol. The monoisotopic (exact) mass is 273 g/mol. The third-order valence-electron chi connectivity index (χ3n) is 2.98. The molecule has 1 unspecified atom stereocenters. The van der Waals surface area contributed by atoms with Crippen LogP contribution in [0.2, 0.25) is 0 Å². The van der Waals surface area contributed by atoms with E-state index in [2.05, 4.69) is 0 Å². The number of hydrogen-bond donors (Lipinski definition) is 1. The van der Waals surface area contributed by atoms with Crippen molar-refractivity contribution in [3.05, 3.63) is 0 Å². The van der Waals surface area contributed by atoms with Gasteiger partial charge in [0.2, 0.25) is 5.91 Å². The summed E-state index contributed by atoms with van der Waals surface area (Å²) >= 11 is 1.10. The summed E-state index contributed by atoms with van der Waals surface area (Å²) in [6.07, 6.45) is 3.43. The number of aliphatic carboxylic acids is 1. The molecule has 6 heteroatoms. The summed E-state index contributed by atoms with van der Waals surface area (Å²) in [5, 5.41) is 9.12. The summed E-state index contributed by atoms with van der Waals surface area (Å²) in [5.74, 6) is -0.653. The Morgan fingerprint density at radius 2 is 2.00 bits per heavy atom. The fourth-order valence-electron chi connectivity index (χ4n) is 2.09. The van der Waals surface area contributed by atoms with E-state index in [1.807, 2.05) is 0 Å². The van der Waals surface area contributed by atoms with Crippen molar-refractivity contribution in [2.24, 2.45) is 0 Å². The third-order valence-corrected chi connectivity index (χ3v) is 3.79. The lowest BCUT2D eigenvalue weighted by atomic mass is 10.1. The van der Waals surface area contributed by atoms with Gasteiger partial charge < -0.3 is 10.0 Å². The van der Waals surface area contributed by atoms with Crippen molar-refractivity contribution in [3.63, 3.8) is 0 Å². The lowest BCUT2D eigenvalue weighted by Gasteiger charge is -2.26. The molecule has 0 aliphatic carbocycles. The Morgan fingerprint density at radius 3 is 2.61 bits per heavy atom. The van der Waals surface area contributed by atoms with Crippen molar-refractivity contribution in [2.75, 3.05) is 12.3 Å². The van der Waals surface area contributed by atoms with Crippen LogP contribution in [0.5, 0.6) is 0 Å². The van der Waals surface area contributed by atoms with Gasteiger partial charge in [-0.15, -0.1) is 0 Å². The van der Waals surface area contributed by atoms with Crippen LogP contribution < -0.4 is 0 Å². The fraction of sp³-hybridized carbons (Fsp3) is 0.750. The number of carboxylic acids is 1. The van der Waals surface area contributed by atoms with Crippen LogP contribution in [0, 0.1) is 0 Å². The Kier molecular flexibility index (Phi) is 6.18. The number of carbonyl (C=O) groups is 3. The highest BCUT2D eigenvalue weighted by Gasteiger charge is 2.30. The van der Waals surface area contributed by atoms with Crippen molar-refractivity contribution in [1.29, 1.82) is 0 Å². The number of carboxylic acid groups (broad SMARTS) is 1. The van der Waals surface area contributed by atoms with Gasteiger partial charge in [0.15, 0.2) is 5.12 Å². The SMILES string of the molecule is CC(=O)SCCC(=O)N1CCCCCC1C(=O)O. The Morgan fingerprint density at radius 1 is 1.28 bits per heavy atom. The molecule has 1 atom stereocenters. The molecular formula is C12H19NO4S. The molecule has 0 radical (unpaired) electrons. The minimum Gasteiger partial charge on any atom is -0.480 e. The molecule has 1 rings (SSSR count). The zero-order valence-electron chi connectivity index (χ0n) is 10.6. The van der Waals surface area contributed by atoms with Gasteiger partial charge in [-0.3, -0.25) is 9.59 Å². The van der Waals surface area contributed by atoms with Crippen LogP contribution in [0.15, 0.2) is 0 Å². The smallest absolute Gasteiger partial charge is 0.326 e. The van der Waals surface area contributed by atoms with E-state index >= 15 is 0 Å². The van der Waals surface area contributed by atoms with E-state index in [0.717, 1.165) is 31.0 Å². The van der Waals surface area contributed by atoms with E-state index in [4.69, 9.17) is 5.11 Å². The summed E-state index contributed by atoms with van der Waals surface area (Å²) < 4.78 is 0. The van der Waals surface area contributed by atoms with E-state index in [-0.39, 0.29) is 17.4 Å². The molecule has 0 bridgehead atoms. The number of likely N-dealkylation sites (tertiary alicyclic amines) is 1. The molecule has 1 fully saturated rings. The second kappa shape index (κ2) is 7.41. The third kappa shape index (κ3) is 4.68. The molecule has 0 aromatic rings. The fourth-order valence-corrected chi connectivity index (χ4v) is 2.65. The highest BCUT2D eigenvalue weighted by Crippen LogP contribution is 2.18. The second-order valence-corrected chi connectivity index (χ2v) is 5.65. The van der Waals surface area contributed by atoms with E-state index in [9.17, 15) is 14.4 Å². The van der Waals surface area contributed by atoms with Crippen molar-refractivity contribution in [1.82, 2.24) is 4.90 Å². The lowest BCUT2D eigenvalue weighted by Crippen LogP contribution is -2.44. The standard InChI is InChI=1S/C12H19NO4S/c1-9(14)18-8-6-11(15)13-7-4-2-3-5-10(13)12(16)17/h10H,2-8H2,1H3,(H,16,17). The molecule has 0 aromatic carbocycles. The number of carbonyl (C=O) groups excluding carboxylic acids is 2. The van der Waals surface area contributed by atoms with Gasteiger partial charge in [-0.1, -0.05) is 24.6 Å². The van der Waals surface area contributed by atoms with Gasteiger partial charge in [-0.25, -0.2) is 4.79 Å². The normalized spacial score (nSPS) is 20.3. The maximum atomic E-state index is 12.0. The minimum absolute atomic E-state index is 0.0200. The van der Waals surface area contributed by atoms with Gasteiger partial charge >= 0.3 is 5.97 Å². The van der Waals surface area contributed by atoms with Crippen LogP contribution >= 0.6 is 11.8 Å². The van der Waals surface area contributed by atoms with Gasteiger partial charge in [0.25, 0.3) is 0 Å². The van der Waals surface area contributed by atoms with Gasteiger partial charge in [-0.05, 0) is 12.8 Å². The number of amides is 1. The van der Waals surface area contributed by atoms with Crippen LogP contribution in [-0.2, 0) is 14.4 Å². The van der Waals surface area contributed by atoms with Crippen molar-refractivity contribution < 1.29 is 19.5 Å². The number of thioether (sulfide) groups is 1. The Labute approximate surface area is 111 Å². The van der Waals surface area contributed by atoms with Gasteiger partial charge in [0.05, 0.1) is 0 Å². The maximum absolute atomic E-state index is 12.0. The highest BCUT2D eigenvalue weighted by molar-refractivity contribution is 8.13. The molecule has 1 aliphatic rings. The minimum atomic E-state index is -0.926.